The molecule has 3 aromatic rings. The van der Waals surface area contributed by atoms with Crippen molar-refractivity contribution in [2.24, 2.45) is 0 Å². The van der Waals surface area contributed by atoms with Crippen LogP contribution >= 0.6 is 11.6 Å². The van der Waals surface area contributed by atoms with Crippen LogP contribution in [0.5, 0.6) is 0 Å². The summed E-state index contributed by atoms with van der Waals surface area (Å²) < 4.78 is 28.7. The molecule has 0 aliphatic heterocycles. The van der Waals surface area contributed by atoms with E-state index in [2.05, 4.69) is 5.32 Å². The number of halogens is 1. The number of carbonyl (C=O) groups excluding carboxylic acids is 2. The molecule has 3 aromatic carbocycles. The SMILES string of the molecule is CCc1ccccc1N(CC(=O)N(Cc1ccc(Cl)cc1)C(C)C(=O)NC)S(=O)(=O)c1ccccc1. The van der Waals surface area contributed by atoms with E-state index >= 15 is 0 Å². The van der Waals surface area contributed by atoms with Crippen molar-refractivity contribution in [3.05, 3.63) is 95.0 Å². The molecule has 0 aliphatic carbocycles. The molecule has 0 aromatic heterocycles. The van der Waals surface area contributed by atoms with Crippen LogP contribution in [0.1, 0.15) is 25.0 Å². The van der Waals surface area contributed by atoms with Crippen molar-refractivity contribution in [1.29, 1.82) is 0 Å². The van der Waals surface area contributed by atoms with E-state index in [1.807, 2.05) is 19.1 Å². The second-order valence-corrected chi connectivity index (χ2v) is 10.5. The fourth-order valence-corrected chi connectivity index (χ4v) is 5.46. The van der Waals surface area contributed by atoms with Gasteiger partial charge in [0.1, 0.15) is 12.6 Å². The summed E-state index contributed by atoms with van der Waals surface area (Å²) in [5.41, 5.74) is 1.97. The number of rotatable bonds is 10. The number of nitrogens with zero attached hydrogens (tertiary/aromatic N) is 2. The Kier molecular flexibility index (Phi) is 9.12. The predicted molar refractivity (Wildman–Crippen MR) is 142 cm³/mol. The van der Waals surface area contributed by atoms with Gasteiger partial charge in [-0.2, -0.15) is 0 Å². The number of anilines is 1. The first-order valence-corrected chi connectivity index (χ1v) is 13.4. The molecule has 0 bridgehead atoms. The lowest BCUT2D eigenvalue weighted by atomic mass is 10.1. The number of sulfonamides is 1. The highest BCUT2D eigenvalue weighted by Crippen LogP contribution is 2.28. The third kappa shape index (κ3) is 6.25. The van der Waals surface area contributed by atoms with E-state index in [0.717, 1.165) is 15.4 Å². The Morgan fingerprint density at radius 1 is 0.944 bits per heavy atom. The van der Waals surface area contributed by atoms with Gasteiger partial charge in [0.15, 0.2) is 0 Å². The van der Waals surface area contributed by atoms with Gasteiger partial charge in [0, 0.05) is 18.6 Å². The molecule has 36 heavy (non-hydrogen) atoms. The molecule has 190 valence electrons. The van der Waals surface area contributed by atoms with Gasteiger partial charge in [0.25, 0.3) is 10.0 Å². The van der Waals surface area contributed by atoms with Crippen LogP contribution in [-0.2, 0) is 32.6 Å². The zero-order chi connectivity index (χ0) is 26.3. The number of carbonyl (C=O) groups is 2. The molecule has 7 nitrogen and oxygen atoms in total. The smallest absolute Gasteiger partial charge is 0.264 e. The Balaban J connectivity index is 2.05. The minimum absolute atomic E-state index is 0.0762. The summed E-state index contributed by atoms with van der Waals surface area (Å²) in [7, 11) is -2.58. The van der Waals surface area contributed by atoms with Crippen LogP contribution in [0.3, 0.4) is 0 Å². The van der Waals surface area contributed by atoms with Crippen molar-refractivity contribution >= 4 is 39.1 Å². The zero-order valence-corrected chi connectivity index (χ0v) is 22.1. The fraction of sp³-hybridized carbons (Fsp3) is 0.259. The number of aryl methyl sites for hydroxylation is 1. The first kappa shape index (κ1) is 27.2. The standard InChI is InChI=1S/C27H30ClN3O4S/c1-4-22-10-8-9-13-25(22)31(36(34,35)24-11-6-5-7-12-24)19-26(32)30(20(2)27(33)29-3)18-21-14-16-23(28)17-15-21/h5-17,20H,4,18-19H2,1-3H3,(H,29,33). The molecule has 0 fully saturated rings. The molecule has 0 saturated heterocycles. The number of likely N-dealkylation sites (N-methyl/N-ethyl adjacent to an activating group) is 1. The number of para-hydroxylation sites is 1. The molecule has 0 radical (unpaired) electrons. The van der Waals surface area contributed by atoms with Crippen LogP contribution in [-0.4, -0.2) is 44.8 Å². The molecule has 0 saturated carbocycles. The predicted octanol–water partition coefficient (Wildman–Crippen LogP) is 4.26. The van der Waals surface area contributed by atoms with Crippen molar-refractivity contribution in [3.8, 4) is 0 Å². The van der Waals surface area contributed by atoms with E-state index in [4.69, 9.17) is 11.6 Å². The van der Waals surface area contributed by atoms with Crippen molar-refractivity contribution in [3.63, 3.8) is 0 Å². The molecule has 0 spiro atoms. The van der Waals surface area contributed by atoms with Gasteiger partial charge < -0.3 is 10.2 Å². The highest BCUT2D eigenvalue weighted by molar-refractivity contribution is 7.92. The van der Waals surface area contributed by atoms with E-state index in [9.17, 15) is 18.0 Å². The second-order valence-electron chi connectivity index (χ2n) is 8.25. The third-order valence-corrected chi connectivity index (χ3v) is 7.96. The van der Waals surface area contributed by atoms with E-state index < -0.39 is 28.5 Å². The van der Waals surface area contributed by atoms with Crippen molar-refractivity contribution in [2.75, 3.05) is 17.9 Å². The Bertz CT molecular complexity index is 1300. The van der Waals surface area contributed by atoms with Crippen LogP contribution in [0.2, 0.25) is 5.02 Å². The van der Waals surface area contributed by atoms with Crippen LogP contribution in [0.15, 0.2) is 83.8 Å². The topological polar surface area (TPSA) is 86.8 Å². The largest absolute Gasteiger partial charge is 0.357 e. The number of hydrogen-bond acceptors (Lipinski definition) is 4. The van der Waals surface area contributed by atoms with Gasteiger partial charge in [0.2, 0.25) is 11.8 Å². The molecule has 0 aliphatic rings. The van der Waals surface area contributed by atoms with Crippen molar-refractivity contribution < 1.29 is 18.0 Å². The van der Waals surface area contributed by atoms with Crippen molar-refractivity contribution in [1.82, 2.24) is 10.2 Å². The monoisotopic (exact) mass is 527 g/mol. The Morgan fingerprint density at radius 3 is 2.17 bits per heavy atom. The first-order chi connectivity index (χ1) is 17.2. The summed E-state index contributed by atoms with van der Waals surface area (Å²) in [5, 5.41) is 3.12. The minimum Gasteiger partial charge on any atom is -0.357 e. The number of hydrogen-bond donors (Lipinski definition) is 1. The summed E-state index contributed by atoms with van der Waals surface area (Å²) >= 11 is 6.00. The molecule has 0 heterocycles. The third-order valence-electron chi connectivity index (χ3n) is 5.93. The normalized spacial score (nSPS) is 12.0. The quantitative estimate of drug-likeness (QED) is 0.427. The van der Waals surface area contributed by atoms with Gasteiger partial charge in [0.05, 0.1) is 10.6 Å². The van der Waals surface area contributed by atoms with Crippen LogP contribution in [0, 0.1) is 0 Å². The second kappa shape index (κ2) is 12.1. The molecule has 1 N–H and O–H groups in total. The van der Waals surface area contributed by atoms with Gasteiger partial charge in [-0.15, -0.1) is 0 Å². The lowest BCUT2D eigenvalue weighted by Crippen LogP contribution is -2.50. The maximum Gasteiger partial charge on any atom is 0.264 e. The molecular formula is C27H30ClN3O4S. The van der Waals surface area contributed by atoms with Crippen molar-refractivity contribution in [2.45, 2.75) is 37.8 Å². The summed E-state index contributed by atoms with van der Waals surface area (Å²) in [4.78, 5) is 27.7. The van der Waals surface area contributed by atoms with E-state index in [1.165, 1.54) is 24.1 Å². The number of benzene rings is 3. The lowest BCUT2D eigenvalue weighted by molar-refractivity contribution is -0.139. The van der Waals surface area contributed by atoms with E-state index in [0.29, 0.717) is 17.1 Å². The highest BCUT2D eigenvalue weighted by Gasteiger charge is 2.32. The van der Waals surface area contributed by atoms with Crippen LogP contribution < -0.4 is 9.62 Å². The fourth-order valence-electron chi connectivity index (χ4n) is 3.86. The van der Waals surface area contributed by atoms with Gasteiger partial charge in [-0.05, 0) is 54.8 Å². The average Bonchev–Trinajstić information content (AvgIpc) is 2.90. The Labute approximate surface area is 217 Å². The van der Waals surface area contributed by atoms with E-state index in [-0.39, 0.29) is 17.3 Å². The number of amides is 2. The summed E-state index contributed by atoms with van der Waals surface area (Å²) in [6.07, 6.45) is 0.578. The minimum atomic E-state index is -4.08. The van der Waals surface area contributed by atoms with Gasteiger partial charge in [-0.25, -0.2) is 8.42 Å². The average molecular weight is 528 g/mol. The molecule has 2 amide bonds. The molecule has 1 atom stereocenters. The Morgan fingerprint density at radius 2 is 1.56 bits per heavy atom. The van der Waals surface area contributed by atoms with Crippen LogP contribution in [0.4, 0.5) is 5.69 Å². The van der Waals surface area contributed by atoms with E-state index in [1.54, 1.807) is 61.5 Å². The number of nitrogens with one attached hydrogen (secondary N) is 1. The Hall–Kier alpha value is -3.36. The lowest BCUT2D eigenvalue weighted by Gasteiger charge is -2.32. The molecule has 9 heteroatoms. The maximum absolute atomic E-state index is 13.8. The molecular weight excluding hydrogens is 498 g/mol. The molecule has 3 rings (SSSR count). The summed E-state index contributed by atoms with van der Waals surface area (Å²) in [6.45, 7) is 3.18. The van der Waals surface area contributed by atoms with Gasteiger partial charge in [-0.1, -0.05) is 67.1 Å². The highest BCUT2D eigenvalue weighted by atomic mass is 35.5. The first-order valence-electron chi connectivity index (χ1n) is 11.6. The molecule has 1 unspecified atom stereocenters. The van der Waals surface area contributed by atoms with Gasteiger partial charge in [-0.3, -0.25) is 13.9 Å². The zero-order valence-electron chi connectivity index (χ0n) is 20.5. The van der Waals surface area contributed by atoms with Gasteiger partial charge >= 0.3 is 0 Å². The van der Waals surface area contributed by atoms with Crippen LogP contribution in [0.25, 0.3) is 0 Å². The summed E-state index contributed by atoms with van der Waals surface area (Å²) in [5.74, 6) is -0.866. The summed E-state index contributed by atoms with van der Waals surface area (Å²) in [6, 6.07) is 21.2. The maximum atomic E-state index is 13.8.